The molecule has 0 heterocycles. The van der Waals surface area contributed by atoms with E-state index in [1.807, 2.05) is 25.1 Å². The van der Waals surface area contributed by atoms with Crippen LogP contribution in [0.4, 0.5) is 5.69 Å². The molecule has 0 bridgehead atoms. The highest BCUT2D eigenvalue weighted by Gasteiger charge is 2.09. The van der Waals surface area contributed by atoms with Gasteiger partial charge in [-0.3, -0.25) is 9.59 Å². The summed E-state index contributed by atoms with van der Waals surface area (Å²) < 4.78 is 1.07. The topological polar surface area (TPSA) is 58.2 Å². The van der Waals surface area contributed by atoms with Crippen molar-refractivity contribution in [3.63, 3.8) is 0 Å². The molecule has 2 N–H and O–H groups in total. The maximum absolute atomic E-state index is 11.9. The number of benzene rings is 2. The van der Waals surface area contributed by atoms with Crippen molar-refractivity contribution < 1.29 is 9.59 Å². The molecule has 2 aromatic rings. The molecule has 0 aliphatic heterocycles. The van der Waals surface area contributed by atoms with Gasteiger partial charge in [0.05, 0.1) is 6.54 Å². The minimum absolute atomic E-state index is 0.101. The zero-order valence-corrected chi connectivity index (χ0v) is 14.7. The molecule has 2 amide bonds. The first kappa shape index (κ1) is 16.8. The number of amides is 2. The van der Waals surface area contributed by atoms with Crippen molar-refractivity contribution in [1.29, 1.82) is 0 Å². The maximum atomic E-state index is 11.9. The van der Waals surface area contributed by atoms with Gasteiger partial charge in [-0.15, -0.1) is 0 Å². The fourth-order valence-electron chi connectivity index (χ4n) is 1.77. The van der Waals surface area contributed by atoms with E-state index in [1.54, 1.807) is 24.3 Å². The Hall–Kier alpha value is -1.60. The van der Waals surface area contributed by atoms with Gasteiger partial charge >= 0.3 is 0 Å². The third-order valence-corrected chi connectivity index (χ3v) is 4.35. The highest BCUT2D eigenvalue weighted by molar-refractivity contribution is 14.1. The molecule has 0 aliphatic rings. The molecule has 0 aliphatic carbocycles. The van der Waals surface area contributed by atoms with Gasteiger partial charge in [0.25, 0.3) is 5.91 Å². The number of rotatable bonds is 4. The van der Waals surface area contributed by atoms with Gasteiger partial charge in [0.1, 0.15) is 0 Å². The summed E-state index contributed by atoms with van der Waals surface area (Å²) in [5, 5.41) is 5.78. The van der Waals surface area contributed by atoms with Crippen molar-refractivity contribution >= 4 is 51.7 Å². The molecule has 0 unspecified atom stereocenters. The molecule has 0 aromatic heterocycles. The Morgan fingerprint density at radius 3 is 2.64 bits per heavy atom. The molecule has 0 saturated heterocycles. The van der Waals surface area contributed by atoms with Crippen molar-refractivity contribution in [3.05, 3.63) is 62.2 Å². The second-order valence-electron chi connectivity index (χ2n) is 4.71. The van der Waals surface area contributed by atoms with Crippen molar-refractivity contribution in [1.82, 2.24) is 5.32 Å². The predicted molar refractivity (Wildman–Crippen MR) is 96.3 cm³/mol. The number of nitrogens with one attached hydrogen (secondary N) is 2. The van der Waals surface area contributed by atoms with Gasteiger partial charge in [-0.05, 0) is 65.4 Å². The predicted octanol–water partition coefficient (Wildman–Crippen LogP) is 3.62. The van der Waals surface area contributed by atoms with E-state index in [0.717, 1.165) is 9.13 Å². The second kappa shape index (κ2) is 7.60. The second-order valence-corrected chi connectivity index (χ2v) is 6.30. The van der Waals surface area contributed by atoms with Gasteiger partial charge in [0, 0.05) is 19.8 Å². The van der Waals surface area contributed by atoms with Crippen LogP contribution in [-0.2, 0) is 4.79 Å². The fraction of sp³-hybridized carbons (Fsp3) is 0.125. The number of halogens is 2. The van der Waals surface area contributed by atoms with Crippen molar-refractivity contribution in [2.75, 3.05) is 11.9 Å². The normalized spacial score (nSPS) is 10.1. The number of hydrogen-bond acceptors (Lipinski definition) is 2. The first-order chi connectivity index (χ1) is 10.5. The number of aryl methyl sites for hydroxylation is 1. The Morgan fingerprint density at radius 1 is 1.18 bits per heavy atom. The summed E-state index contributed by atoms with van der Waals surface area (Å²) in [6.45, 7) is 1.90. The summed E-state index contributed by atoms with van der Waals surface area (Å²) in [6, 6.07) is 12.2. The van der Waals surface area contributed by atoms with E-state index in [9.17, 15) is 9.59 Å². The van der Waals surface area contributed by atoms with Crippen LogP contribution >= 0.6 is 34.2 Å². The molecule has 0 saturated carbocycles. The van der Waals surface area contributed by atoms with E-state index in [2.05, 4.69) is 33.2 Å². The minimum Gasteiger partial charge on any atom is -0.343 e. The molecule has 22 heavy (non-hydrogen) atoms. The number of anilines is 1. The van der Waals surface area contributed by atoms with Crippen LogP contribution in [0.3, 0.4) is 0 Å². The van der Waals surface area contributed by atoms with Gasteiger partial charge in [-0.2, -0.15) is 0 Å². The largest absolute Gasteiger partial charge is 0.343 e. The van der Waals surface area contributed by atoms with Gasteiger partial charge in [-0.1, -0.05) is 23.7 Å². The quantitative estimate of drug-likeness (QED) is 0.731. The zero-order chi connectivity index (χ0) is 16.1. The highest BCUT2D eigenvalue weighted by Crippen LogP contribution is 2.16. The van der Waals surface area contributed by atoms with Gasteiger partial charge in [0.15, 0.2) is 0 Å². The Kier molecular flexibility index (Phi) is 5.79. The number of carbonyl (C=O) groups excluding carboxylic acids is 2. The van der Waals surface area contributed by atoms with Crippen LogP contribution in [0.2, 0.25) is 5.02 Å². The van der Waals surface area contributed by atoms with E-state index < -0.39 is 0 Å². The fourth-order valence-corrected chi connectivity index (χ4v) is 2.47. The average Bonchev–Trinajstić information content (AvgIpc) is 2.48. The van der Waals surface area contributed by atoms with E-state index in [1.165, 1.54) is 0 Å². The van der Waals surface area contributed by atoms with Crippen LogP contribution in [0.15, 0.2) is 42.5 Å². The van der Waals surface area contributed by atoms with E-state index in [0.29, 0.717) is 16.3 Å². The molecule has 0 fully saturated rings. The monoisotopic (exact) mass is 428 g/mol. The van der Waals surface area contributed by atoms with Crippen molar-refractivity contribution in [2.24, 2.45) is 0 Å². The number of carbonyl (C=O) groups is 2. The molecule has 4 nitrogen and oxygen atoms in total. The lowest BCUT2D eigenvalue weighted by atomic mass is 10.2. The Morgan fingerprint density at radius 2 is 1.95 bits per heavy atom. The van der Waals surface area contributed by atoms with Gasteiger partial charge in [-0.25, -0.2) is 0 Å². The Labute approximate surface area is 147 Å². The Bertz CT molecular complexity index is 719. The first-order valence-corrected chi connectivity index (χ1v) is 8.01. The lowest BCUT2D eigenvalue weighted by Gasteiger charge is -2.08. The molecule has 0 atom stereocenters. The summed E-state index contributed by atoms with van der Waals surface area (Å²) in [4.78, 5) is 23.8. The molecule has 6 heteroatoms. The third-order valence-electron chi connectivity index (χ3n) is 2.95. The third kappa shape index (κ3) is 4.71. The molecular weight excluding hydrogens is 415 g/mol. The molecular formula is C16H14ClIN2O2. The number of hydrogen-bond donors (Lipinski definition) is 2. The minimum atomic E-state index is -0.337. The lowest BCUT2D eigenvalue weighted by molar-refractivity contribution is -0.115. The van der Waals surface area contributed by atoms with Gasteiger partial charge in [0.2, 0.25) is 5.91 Å². The van der Waals surface area contributed by atoms with Crippen molar-refractivity contribution in [3.8, 4) is 0 Å². The molecule has 114 valence electrons. The lowest BCUT2D eigenvalue weighted by Crippen LogP contribution is -2.32. The molecule has 0 spiro atoms. The van der Waals surface area contributed by atoms with Crippen LogP contribution < -0.4 is 10.6 Å². The maximum Gasteiger partial charge on any atom is 0.251 e. The summed E-state index contributed by atoms with van der Waals surface area (Å²) in [5.41, 5.74) is 2.27. The van der Waals surface area contributed by atoms with Crippen LogP contribution in [0.5, 0.6) is 0 Å². The molecule has 2 rings (SSSR count). The average molecular weight is 429 g/mol. The zero-order valence-electron chi connectivity index (χ0n) is 11.8. The van der Waals surface area contributed by atoms with E-state index >= 15 is 0 Å². The summed E-state index contributed by atoms with van der Waals surface area (Å²) in [5.74, 6) is -0.619. The van der Waals surface area contributed by atoms with E-state index in [-0.39, 0.29) is 18.4 Å². The summed E-state index contributed by atoms with van der Waals surface area (Å²) in [7, 11) is 0. The summed E-state index contributed by atoms with van der Waals surface area (Å²) >= 11 is 8.03. The first-order valence-electron chi connectivity index (χ1n) is 6.55. The highest BCUT2D eigenvalue weighted by atomic mass is 127. The van der Waals surface area contributed by atoms with Crippen LogP contribution in [0.25, 0.3) is 0 Å². The van der Waals surface area contributed by atoms with E-state index in [4.69, 9.17) is 11.6 Å². The SMILES string of the molecule is Cc1ccc(NC(=O)CNC(=O)c2cccc(Cl)c2)cc1I. The molecule has 0 radical (unpaired) electrons. The Balaban J connectivity index is 1.90. The smallest absolute Gasteiger partial charge is 0.251 e. The summed E-state index contributed by atoms with van der Waals surface area (Å²) in [6.07, 6.45) is 0. The van der Waals surface area contributed by atoms with Gasteiger partial charge < -0.3 is 10.6 Å². The van der Waals surface area contributed by atoms with Crippen LogP contribution in [0.1, 0.15) is 15.9 Å². The van der Waals surface area contributed by atoms with Crippen LogP contribution in [0, 0.1) is 10.5 Å². The van der Waals surface area contributed by atoms with Crippen LogP contribution in [-0.4, -0.2) is 18.4 Å². The van der Waals surface area contributed by atoms with Crippen molar-refractivity contribution in [2.45, 2.75) is 6.92 Å². The molecule has 2 aromatic carbocycles. The standard InChI is InChI=1S/C16H14ClIN2O2/c1-10-5-6-13(8-14(10)18)20-15(21)9-19-16(22)11-3-2-4-12(17)7-11/h2-8H,9H2,1H3,(H,19,22)(H,20,21).